The van der Waals surface area contributed by atoms with E-state index in [4.69, 9.17) is 4.74 Å². The first-order valence-corrected chi connectivity index (χ1v) is 10.4. The van der Waals surface area contributed by atoms with Crippen molar-refractivity contribution in [3.05, 3.63) is 29.8 Å². The summed E-state index contributed by atoms with van der Waals surface area (Å²) in [5.74, 6) is -56.7. The second-order valence-corrected chi connectivity index (χ2v) is 8.95. The van der Waals surface area contributed by atoms with Crippen LogP contribution in [-0.4, -0.2) is 60.8 Å². The van der Waals surface area contributed by atoms with Gasteiger partial charge in [-0.05, 0) is 38.5 Å². The minimum Gasteiger partial charge on any atom is -0.491 e. The van der Waals surface area contributed by atoms with Crippen molar-refractivity contribution in [2.75, 3.05) is 7.11 Å². The summed E-state index contributed by atoms with van der Waals surface area (Å²) in [6.07, 6.45) is -11.0. The monoisotopic (exact) mass is 626 g/mol. The Kier molecular flexibility index (Phi) is 9.18. The Morgan fingerprint density at radius 3 is 1.25 bits per heavy atom. The standard InChI is InChI=1S/C21H19F17O2/c1-10(2)40-12-7-5-11(6-8-12)13(3,39-4)9-14(22,23)15(24,25)16(26,27)17(28,29)18(30,31)19(32,33)20(34,35)21(36,37)38/h5-8,10H,9H2,1-4H3. The quantitative estimate of drug-likeness (QED) is 0.216. The summed E-state index contributed by atoms with van der Waals surface area (Å²) in [5, 5.41) is 0. The van der Waals surface area contributed by atoms with Gasteiger partial charge in [-0.15, -0.1) is 0 Å². The molecule has 0 fully saturated rings. The van der Waals surface area contributed by atoms with E-state index < -0.39 is 71.3 Å². The van der Waals surface area contributed by atoms with Crippen LogP contribution in [0.2, 0.25) is 0 Å². The van der Waals surface area contributed by atoms with Gasteiger partial charge in [0, 0.05) is 7.11 Å². The van der Waals surface area contributed by atoms with Crippen LogP contribution < -0.4 is 4.74 Å². The van der Waals surface area contributed by atoms with Crippen molar-refractivity contribution < 1.29 is 84.1 Å². The molecule has 1 rings (SSSR count). The van der Waals surface area contributed by atoms with Crippen LogP contribution in [0.15, 0.2) is 24.3 Å². The maximum absolute atomic E-state index is 14.5. The number of hydrogen-bond donors (Lipinski definition) is 0. The number of ether oxygens (including phenoxy) is 2. The first-order valence-electron chi connectivity index (χ1n) is 10.4. The van der Waals surface area contributed by atoms with Crippen LogP contribution in [0.25, 0.3) is 0 Å². The highest BCUT2D eigenvalue weighted by molar-refractivity contribution is 5.31. The molecule has 0 aliphatic carbocycles. The lowest BCUT2D eigenvalue weighted by Gasteiger charge is -2.44. The Balaban J connectivity index is 3.60. The summed E-state index contributed by atoms with van der Waals surface area (Å²) in [6, 6.07) is 3.79. The molecule has 0 aliphatic heterocycles. The predicted molar refractivity (Wildman–Crippen MR) is 102 cm³/mol. The molecule has 1 aromatic rings. The molecule has 2 nitrogen and oxygen atoms in total. The zero-order chi connectivity index (χ0) is 32.2. The van der Waals surface area contributed by atoms with E-state index in [1.165, 1.54) is 0 Å². The molecular weight excluding hydrogens is 607 g/mol. The van der Waals surface area contributed by atoms with Crippen molar-refractivity contribution in [1.29, 1.82) is 0 Å². The highest BCUT2D eigenvalue weighted by Crippen LogP contribution is 2.64. The third-order valence-electron chi connectivity index (χ3n) is 5.63. The zero-order valence-electron chi connectivity index (χ0n) is 20.3. The smallest absolute Gasteiger partial charge is 0.460 e. The number of hydrogen-bond acceptors (Lipinski definition) is 2. The molecule has 0 aromatic heterocycles. The fourth-order valence-electron chi connectivity index (χ4n) is 3.18. The van der Waals surface area contributed by atoms with Crippen molar-refractivity contribution in [3.8, 4) is 5.75 Å². The van der Waals surface area contributed by atoms with Crippen LogP contribution in [0, 0.1) is 0 Å². The SMILES string of the molecule is COC(C)(CC(F)(F)C(F)(F)C(F)(F)C(F)(F)C(F)(F)C(F)(F)C(F)(F)C(F)(F)F)c1ccc(OC(C)C)cc1. The van der Waals surface area contributed by atoms with Gasteiger partial charge in [-0.2, -0.15) is 74.6 Å². The van der Waals surface area contributed by atoms with Crippen LogP contribution in [0.1, 0.15) is 32.8 Å². The Morgan fingerprint density at radius 1 is 0.575 bits per heavy atom. The van der Waals surface area contributed by atoms with Crippen LogP contribution >= 0.6 is 0 Å². The van der Waals surface area contributed by atoms with Crippen molar-refractivity contribution >= 4 is 0 Å². The molecule has 19 heteroatoms. The van der Waals surface area contributed by atoms with E-state index in [0.717, 1.165) is 24.3 Å². The Morgan fingerprint density at radius 2 is 0.925 bits per heavy atom. The average molecular weight is 626 g/mol. The minimum atomic E-state index is -8.67. The molecule has 0 N–H and O–H groups in total. The molecule has 0 bridgehead atoms. The molecule has 0 heterocycles. The second-order valence-electron chi connectivity index (χ2n) is 8.95. The van der Waals surface area contributed by atoms with Gasteiger partial charge < -0.3 is 9.47 Å². The number of halogens is 17. The molecule has 40 heavy (non-hydrogen) atoms. The Hall–Kier alpha value is -2.21. The minimum absolute atomic E-state index is 0.0549. The van der Waals surface area contributed by atoms with Crippen LogP contribution in [0.4, 0.5) is 74.6 Å². The van der Waals surface area contributed by atoms with Crippen molar-refractivity contribution in [2.24, 2.45) is 0 Å². The second kappa shape index (κ2) is 10.3. The van der Waals surface area contributed by atoms with Gasteiger partial charge in [0.15, 0.2) is 0 Å². The summed E-state index contributed by atoms with van der Waals surface area (Å²) in [6.45, 7) is 3.61. The number of alkyl halides is 17. The molecule has 0 radical (unpaired) electrons. The van der Waals surface area contributed by atoms with Gasteiger partial charge in [-0.3, -0.25) is 0 Å². The summed E-state index contributed by atoms with van der Waals surface area (Å²) in [5.41, 5.74) is -3.37. The van der Waals surface area contributed by atoms with E-state index in [1.54, 1.807) is 13.8 Å². The number of rotatable bonds is 12. The summed E-state index contributed by atoms with van der Waals surface area (Å²) < 4.78 is 240. The molecule has 0 aliphatic rings. The molecule has 0 amide bonds. The van der Waals surface area contributed by atoms with Gasteiger partial charge in [-0.25, -0.2) is 0 Å². The third kappa shape index (κ3) is 5.37. The van der Waals surface area contributed by atoms with Crippen LogP contribution in [-0.2, 0) is 10.3 Å². The molecule has 1 atom stereocenters. The van der Waals surface area contributed by atoms with Gasteiger partial charge in [-0.1, -0.05) is 12.1 Å². The van der Waals surface area contributed by atoms with E-state index in [-0.39, 0.29) is 5.75 Å². The normalized spacial score (nSPS) is 16.8. The first kappa shape index (κ1) is 35.8. The topological polar surface area (TPSA) is 18.5 Å². The largest absolute Gasteiger partial charge is 0.491 e. The molecule has 234 valence electrons. The van der Waals surface area contributed by atoms with E-state index in [9.17, 15) is 74.6 Å². The van der Waals surface area contributed by atoms with E-state index in [0.29, 0.717) is 14.0 Å². The summed E-state index contributed by atoms with van der Waals surface area (Å²) in [4.78, 5) is 0. The fourth-order valence-corrected chi connectivity index (χ4v) is 3.18. The highest BCUT2D eigenvalue weighted by Gasteiger charge is 2.95. The van der Waals surface area contributed by atoms with Gasteiger partial charge in [0.2, 0.25) is 0 Å². The van der Waals surface area contributed by atoms with E-state index in [2.05, 4.69) is 4.74 Å². The first-order chi connectivity index (χ1) is 17.4. The summed E-state index contributed by atoms with van der Waals surface area (Å²) >= 11 is 0. The summed E-state index contributed by atoms with van der Waals surface area (Å²) in [7, 11) is 0.535. The van der Waals surface area contributed by atoms with Gasteiger partial charge in [0.05, 0.1) is 18.1 Å². The van der Waals surface area contributed by atoms with Crippen molar-refractivity contribution in [3.63, 3.8) is 0 Å². The van der Waals surface area contributed by atoms with Crippen LogP contribution in [0.3, 0.4) is 0 Å². The lowest BCUT2D eigenvalue weighted by atomic mass is 9.83. The lowest BCUT2D eigenvalue weighted by molar-refractivity contribution is -0.462. The van der Waals surface area contributed by atoms with Crippen molar-refractivity contribution in [1.82, 2.24) is 0 Å². The van der Waals surface area contributed by atoms with E-state index in [1.807, 2.05) is 0 Å². The lowest BCUT2D eigenvalue weighted by Crippen LogP contribution is -2.74. The maximum Gasteiger partial charge on any atom is 0.460 e. The van der Waals surface area contributed by atoms with Gasteiger partial charge in [0.25, 0.3) is 0 Å². The fraction of sp³-hybridized carbons (Fsp3) is 0.714. The molecule has 0 spiro atoms. The molecule has 0 saturated carbocycles. The molecule has 1 aromatic carbocycles. The number of methoxy groups -OCH3 is 1. The molecule has 0 saturated heterocycles. The van der Waals surface area contributed by atoms with Crippen LogP contribution in [0.5, 0.6) is 5.75 Å². The average Bonchev–Trinajstić information content (AvgIpc) is 2.77. The third-order valence-corrected chi connectivity index (χ3v) is 5.63. The van der Waals surface area contributed by atoms with Gasteiger partial charge in [0.1, 0.15) is 5.75 Å². The Bertz CT molecular complexity index is 1020. The Labute approximate surface area is 214 Å². The number of benzene rings is 1. The zero-order valence-corrected chi connectivity index (χ0v) is 20.3. The molecular formula is C21H19F17O2. The van der Waals surface area contributed by atoms with Crippen molar-refractivity contribution in [2.45, 2.75) is 86.5 Å². The van der Waals surface area contributed by atoms with E-state index >= 15 is 0 Å². The predicted octanol–water partition coefficient (Wildman–Crippen LogP) is 8.73. The molecule has 1 unspecified atom stereocenters. The van der Waals surface area contributed by atoms with Gasteiger partial charge >= 0.3 is 47.6 Å². The maximum atomic E-state index is 14.5. The highest BCUT2D eigenvalue weighted by atomic mass is 19.4.